The molecule has 2 aromatic carbocycles. The van der Waals surface area contributed by atoms with E-state index in [1.165, 1.54) is 12.1 Å². The summed E-state index contributed by atoms with van der Waals surface area (Å²) >= 11 is 23.8. The lowest BCUT2D eigenvalue weighted by Crippen LogP contribution is -1.95. The van der Waals surface area contributed by atoms with Gasteiger partial charge in [0.15, 0.2) is 0 Å². The summed E-state index contributed by atoms with van der Waals surface area (Å²) in [6, 6.07) is 9.38. The van der Waals surface area contributed by atoms with Gasteiger partial charge in [-0.3, -0.25) is 0 Å². The molecular weight excluding hydrogens is 317 g/mol. The molecule has 0 nitrogen and oxygen atoms in total. The molecule has 18 heavy (non-hydrogen) atoms. The Morgan fingerprint density at radius 3 is 2.22 bits per heavy atom. The fourth-order valence-electron chi connectivity index (χ4n) is 1.56. The summed E-state index contributed by atoms with van der Waals surface area (Å²) in [7, 11) is 0. The van der Waals surface area contributed by atoms with Crippen LogP contribution in [-0.4, -0.2) is 0 Å². The molecule has 5 heteroatoms. The second-order valence-corrected chi connectivity index (χ2v) is 5.39. The molecule has 0 aliphatic rings. The minimum absolute atomic E-state index is 0.0554. The van der Waals surface area contributed by atoms with E-state index < -0.39 is 11.2 Å². The Balaban J connectivity index is 2.44. The SMILES string of the molecule is Fc1cc(C(Cl)c2cc(Cl)ccc2Cl)ccc1Cl. The van der Waals surface area contributed by atoms with Crippen LogP contribution in [0.3, 0.4) is 0 Å². The molecule has 2 rings (SSSR count). The van der Waals surface area contributed by atoms with Gasteiger partial charge in [-0.1, -0.05) is 40.9 Å². The van der Waals surface area contributed by atoms with Crippen molar-refractivity contribution in [3.63, 3.8) is 0 Å². The summed E-state index contributed by atoms with van der Waals surface area (Å²) < 4.78 is 13.4. The Hall–Kier alpha value is -0.470. The average Bonchev–Trinajstić information content (AvgIpc) is 2.35. The lowest BCUT2D eigenvalue weighted by Gasteiger charge is -2.13. The highest BCUT2D eigenvalue weighted by Gasteiger charge is 2.16. The van der Waals surface area contributed by atoms with Gasteiger partial charge in [-0.15, -0.1) is 11.6 Å². The number of halogens is 5. The molecule has 0 fully saturated rings. The third-order valence-electron chi connectivity index (χ3n) is 2.47. The third-order valence-corrected chi connectivity index (χ3v) is 3.84. The third kappa shape index (κ3) is 2.92. The van der Waals surface area contributed by atoms with Gasteiger partial charge in [0.1, 0.15) is 5.82 Å². The molecule has 0 amide bonds. The topological polar surface area (TPSA) is 0 Å². The molecule has 0 aromatic heterocycles. The summed E-state index contributed by atoms with van der Waals surface area (Å²) in [5.74, 6) is -0.516. The van der Waals surface area contributed by atoms with Crippen LogP contribution in [0.2, 0.25) is 15.1 Å². The average molecular weight is 324 g/mol. The molecule has 0 spiro atoms. The van der Waals surface area contributed by atoms with Crippen LogP contribution in [0.4, 0.5) is 4.39 Å². The first-order valence-corrected chi connectivity index (χ1v) is 6.60. The smallest absolute Gasteiger partial charge is 0.142 e. The highest BCUT2D eigenvalue weighted by atomic mass is 35.5. The Kier molecular flexibility index (Phi) is 4.39. The van der Waals surface area contributed by atoms with Crippen molar-refractivity contribution in [1.82, 2.24) is 0 Å². The van der Waals surface area contributed by atoms with Crippen molar-refractivity contribution in [1.29, 1.82) is 0 Å². The zero-order valence-corrected chi connectivity index (χ0v) is 12.0. The molecule has 0 aliphatic carbocycles. The predicted octanol–water partition coefficient (Wildman–Crippen LogP) is 6.11. The maximum absolute atomic E-state index is 13.4. The predicted molar refractivity (Wildman–Crippen MR) is 75.6 cm³/mol. The molecule has 0 heterocycles. The van der Waals surface area contributed by atoms with Crippen LogP contribution in [0.15, 0.2) is 36.4 Å². The molecule has 1 atom stereocenters. The number of rotatable bonds is 2. The van der Waals surface area contributed by atoms with E-state index in [1.807, 2.05) is 0 Å². The molecule has 0 saturated heterocycles. The van der Waals surface area contributed by atoms with E-state index in [-0.39, 0.29) is 5.02 Å². The maximum atomic E-state index is 13.4. The van der Waals surface area contributed by atoms with Crippen LogP contribution in [0.25, 0.3) is 0 Å². The zero-order valence-electron chi connectivity index (χ0n) is 8.93. The Morgan fingerprint density at radius 2 is 1.56 bits per heavy atom. The van der Waals surface area contributed by atoms with Crippen LogP contribution in [0, 0.1) is 5.82 Å². The van der Waals surface area contributed by atoms with Gasteiger partial charge >= 0.3 is 0 Å². The van der Waals surface area contributed by atoms with Gasteiger partial charge in [-0.25, -0.2) is 4.39 Å². The molecule has 0 bridgehead atoms. The van der Waals surface area contributed by atoms with E-state index in [1.54, 1.807) is 24.3 Å². The summed E-state index contributed by atoms with van der Waals surface area (Å²) in [4.78, 5) is 0. The first-order valence-electron chi connectivity index (χ1n) is 5.03. The zero-order chi connectivity index (χ0) is 13.3. The van der Waals surface area contributed by atoms with Crippen molar-refractivity contribution in [2.75, 3.05) is 0 Å². The molecule has 0 N–H and O–H groups in total. The van der Waals surface area contributed by atoms with E-state index in [4.69, 9.17) is 46.4 Å². The van der Waals surface area contributed by atoms with Crippen molar-refractivity contribution in [2.45, 2.75) is 5.38 Å². The maximum Gasteiger partial charge on any atom is 0.142 e. The lowest BCUT2D eigenvalue weighted by atomic mass is 10.0. The van der Waals surface area contributed by atoms with Crippen LogP contribution in [0.1, 0.15) is 16.5 Å². The fraction of sp³-hybridized carbons (Fsp3) is 0.0769. The van der Waals surface area contributed by atoms with Gasteiger partial charge in [0.2, 0.25) is 0 Å². The molecule has 0 saturated carbocycles. The van der Waals surface area contributed by atoms with Crippen molar-refractivity contribution < 1.29 is 4.39 Å². The summed E-state index contributed by atoms with van der Waals surface area (Å²) in [6.07, 6.45) is 0. The van der Waals surface area contributed by atoms with Crippen molar-refractivity contribution in [3.8, 4) is 0 Å². The van der Waals surface area contributed by atoms with Gasteiger partial charge in [0.05, 0.1) is 10.4 Å². The van der Waals surface area contributed by atoms with Gasteiger partial charge in [-0.2, -0.15) is 0 Å². The highest BCUT2D eigenvalue weighted by molar-refractivity contribution is 6.35. The molecule has 2 aromatic rings. The van der Waals surface area contributed by atoms with E-state index in [0.29, 0.717) is 21.2 Å². The summed E-state index contributed by atoms with van der Waals surface area (Å²) in [5.41, 5.74) is 1.20. The fourth-order valence-corrected chi connectivity index (χ4v) is 2.46. The van der Waals surface area contributed by atoms with Gasteiger partial charge in [-0.05, 0) is 41.5 Å². The highest BCUT2D eigenvalue weighted by Crippen LogP contribution is 2.36. The second kappa shape index (κ2) is 5.66. The minimum Gasteiger partial charge on any atom is -0.205 e. The number of benzene rings is 2. The quantitative estimate of drug-likeness (QED) is 0.584. The van der Waals surface area contributed by atoms with Gasteiger partial charge in [0.25, 0.3) is 0 Å². The number of hydrogen-bond donors (Lipinski definition) is 0. The minimum atomic E-state index is -0.581. The van der Waals surface area contributed by atoms with Gasteiger partial charge < -0.3 is 0 Å². The van der Waals surface area contributed by atoms with Crippen LogP contribution < -0.4 is 0 Å². The van der Waals surface area contributed by atoms with Gasteiger partial charge in [0, 0.05) is 10.0 Å². The Labute approximate surface area is 124 Å². The molecule has 0 radical (unpaired) electrons. The monoisotopic (exact) mass is 322 g/mol. The second-order valence-electron chi connectivity index (χ2n) is 3.70. The van der Waals surface area contributed by atoms with Crippen molar-refractivity contribution >= 4 is 46.4 Å². The Morgan fingerprint density at radius 1 is 0.889 bits per heavy atom. The number of alkyl halides is 1. The van der Waals surface area contributed by atoms with Crippen molar-refractivity contribution in [3.05, 3.63) is 68.4 Å². The normalized spacial score (nSPS) is 12.5. The Bertz CT molecular complexity index is 583. The number of hydrogen-bond acceptors (Lipinski definition) is 0. The summed E-state index contributed by atoms with van der Waals surface area (Å²) in [6.45, 7) is 0. The molecular formula is C13H7Cl4F. The van der Waals surface area contributed by atoms with Crippen LogP contribution >= 0.6 is 46.4 Å². The lowest BCUT2D eigenvalue weighted by molar-refractivity contribution is 0.626. The van der Waals surface area contributed by atoms with E-state index in [0.717, 1.165) is 0 Å². The van der Waals surface area contributed by atoms with E-state index in [9.17, 15) is 4.39 Å². The standard InChI is InChI=1S/C13H7Cl4F/c14-8-2-4-10(15)9(6-8)13(17)7-1-3-11(16)12(18)5-7/h1-6,13H. The molecule has 1 unspecified atom stereocenters. The molecule has 0 aliphatic heterocycles. The molecule has 94 valence electrons. The first-order chi connectivity index (χ1) is 8.49. The summed E-state index contributed by atoms with van der Waals surface area (Å²) in [5, 5.41) is 0.479. The first kappa shape index (κ1) is 14.0. The van der Waals surface area contributed by atoms with E-state index >= 15 is 0 Å². The van der Waals surface area contributed by atoms with Crippen LogP contribution in [-0.2, 0) is 0 Å². The van der Waals surface area contributed by atoms with Crippen LogP contribution in [0.5, 0.6) is 0 Å². The van der Waals surface area contributed by atoms with E-state index in [2.05, 4.69) is 0 Å². The largest absolute Gasteiger partial charge is 0.205 e. The van der Waals surface area contributed by atoms with Crippen molar-refractivity contribution in [2.24, 2.45) is 0 Å².